The molecule has 0 radical (unpaired) electrons. The molecule has 0 saturated heterocycles. The zero-order valence-electron chi connectivity index (χ0n) is 20.4. The molecule has 0 spiro atoms. The van der Waals surface area contributed by atoms with Crippen LogP contribution < -0.4 is 10.6 Å². The number of amides is 2. The third-order valence-corrected chi connectivity index (χ3v) is 8.58. The van der Waals surface area contributed by atoms with Crippen LogP contribution in [0.5, 0.6) is 0 Å². The lowest BCUT2D eigenvalue weighted by Crippen LogP contribution is -2.43. The van der Waals surface area contributed by atoms with Crippen molar-refractivity contribution < 1.29 is 4.79 Å². The van der Waals surface area contributed by atoms with Gasteiger partial charge in [-0.05, 0) is 64.2 Å². The Morgan fingerprint density at radius 2 is 1.70 bits per heavy atom. The fraction of sp³-hybridized carbons (Fsp3) is 0.233. The summed E-state index contributed by atoms with van der Waals surface area (Å²) in [6.45, 7) is 2.83. The van der Waals surface area contributed by atoms with Gasteiger partial charge >= 0.3 is 6.03 Å². The van der Waals surface area contributed by atoms with E-state index in [2.05, 4.69) is 63.4 Å². The minimum atomic E-state index is -0.167. The van der Waals surface area contributed by atoms with Gasteiger partial charge in [0.15, 0.2) is 0 Å². The van der Waals surface area contributed by atoms with Gasteiger partial charge in [-0.1, -0.05) is 83.9 Å². The lowest BCUT2D eigenvalue weighted by atomic mass is 10.0. The molecule has 7 heteroatoms. The number of carbonyl (C=O) groups is 1. The van der Waals surface area contributed by atoms with Crippen LogP contribution in [0.15, 0.2) is 84.2 Å². The topological polar surface area (TPSA) is 44.4 Å². The highest BCUT2D eigenvalue weighted by atomic mass is 35.5. The Kier molecular flexibility index (Phi) is 8.47. The maximum atomic E-state index is 12.7. The molecule has 0 aliphatic carbocycles. The molecule has 2 N–H and O–H groups in total. The number of carbonyl (C=O) groups excluding carboxylic acids is 1. The van der Waals surface area contributed by atoms with E-state index in [4.69, 9.17) is 23.2 Å². The summed E-state index contributed by atoms with van der Waals surface area (Å²) in [5, 5.41) is 9.30. The van der Waals surface area contributed by atoms with Gasteiger partial charge in [0, 0.05) is 31.1 Å². The lowest BCUT2D eigenvalue weighted by Gasteiger charge is -2.35. The van der Waals surface area contributed by atoms with Crippen LogP contribution in [0.3, 0.4) is 0 Å². The number of urea groups is 1. The van der Waals surface area contributed by atoms with Crippen molar-refractivity contribution in [3.63, 3.8) is 0 Å². The van der Waals surface area contributed by atoms with Gasteiger partial charge in [0.2, 0.25) is 0 Å². The first-order valence-corrected chi connectivity index (χ1v) is 14.1. The molecule has 190 valence electrons. The number of halogens is 2. The third-order valence-electron chi connectivity index (χ3n) is 6.82. The predicted octanol–water partition coefficient (Wildman–Crippen LogP) is 7.36. The summed E-state index contributed by atoms with van der Waals surface area (Å²) >= 11 is 14.3. The highest BCUT2D eigenvalue weighted by Crippen LogP contribution is 2.32. The number of hydrogen-bond donors (Lipinski definition) is 2. The lowest BCUT2D eigenvalue weighted by molar-refractivity contribution is 0.175. The fourth-order valence-electron chi connectivity index (χ4n) is 4.78. The minimum Gasteiger partial charge on any atom is -0.338 e. The Morgan fingerprint density at radius 3 is 2.49 bits per heavy atom. The van der Waals surface area contributed by atoms with E-state index in [1.54, 1.807) is 0 Å². The van der Waals surface area contributed by atoms with Crippen LogP contribution in [0.1, 0.15) is 27.6 Å². The molecule has 0 saturated carbocycles. The van der Waals surface area contributed by atoms with Crippen molar-refractivity contribution in [2.24, 2.45) is 0 Å². The number of nitrogens with zero attached hydrogens (tertiary/aromatic N) is 1. The van der Waals surface area contributed by atoms with Gasteiger partial charge in [0.1, 0.15) is 0 Å². The molecular weight excluding hydrogens is 521 g/mol. The largest absolute Gasteiger partial charge is 0.338 e. The summed E-state index contributed by atoms with van der Waals surface area (Å²) in [6.07, 6.45) is 1.78. The highest BCUT2D eigenvalue weighted by Gasteiger charge is 2.26. The van der Waals surface area contributed by atoms with Gasteiger partial charge in [0.25, 0.3) is 0 Å². The molecule has 2 amide bonds. The molecule has 1 aromatic heterocycles. The van der Waals surface area contributed by atoms with Crippen molar-refractivity contribution in [2.45, 2.75) is 25.4 Å². The van der Waals surface area contributed by atoms with Crippen molar-refractivity contribution in [3.05, 3.63) is 116 Å². The second-order valence-electron chi connectivity index (χ2n) is 9.23. The number of fused-ring (bicyclic) bond motifs is 1. The standard InChI is InChI=1S/C30H29Cl2N3OS/c31-26-11-10-24(18-27(26)32)28(35-16-13-29-25(20-35)14-17-37-29)19-34-30(36)33-15-12-21-6-8-23(9-7-21)22-4-2-1-3-5-22/h1-11,14,17-18,28H,12-13,15-16,19-20H2,(H2,33,34,36). The molecule has 0 fully saturated rings. The van der Waals surface area contributed by atoms with E-state index in [0.717, 1.165) is 31.5 Å². The fourth-order valence-corrected chi connectivity index (χ4v) is 5.98. The maximum absolute atomic E-state index is 12.7. The molecule has 4 aromatic rings. The van der Waals surface area contributed by atoms with Crippen LogP contribution in [-0.4, -0.2) is 30.6 Å². The highest BCUT2D eigenvalue weighted by molar-refractivity contribution is 7.10. The molecule has 0 bridgehead atoms. The SMILES string of the molecule is O=C(NCCc1ccc(-c2ccccc2)cc1)NCC(c1ccc(Cl)c(Cl)c1)N1CCc2sccc2C1. The van der Waals surface area contributed by atoms with Crippen molar-refractivity contribution in [2.75, 3.05) is 19.6 Å². The molecule has 37 heavy (non-hydrogen) atoms. The van der Waals surface area contributed by atoms with Crippen LogP contribution in [0.4, 0.5) is 4.79 Å². The first-order chi connectivity index (χ1) is 18.1. The summed E-state index contributed by atoms with van der Waals surface area (Å²) in [6, 6.07) is 26.6. The minimum absolute atomic E-state index is 0.000836. The first kappa shape index (κ1) is 25.8. The molecule has 2 heterocycles. The summed E-state index contributed by atoms with van der Waals surface area (Å²) in [4.78, 5) is 16.5. The zero-order valence-corrected chi connectivity index (χ0v) is 22.8. The van der Waals surface area contributed by atoms with E-state index < -0.39 is 0 Å². The monoisotopic (exact) mass is 549 g/mol. The van der Waals surface area contributed by atoms with Crippen molar-refractivity contribution >= 4 is 40.6 Å². The molecule has 1 aliphatic heterocycles. The number of nitrogens with one attached hydrogen (secondary N) is 2. The Balaban J connectivity index is 1.16. The van der Waals surface area contributed by atoms with Gasteiger partial charge in [-0.15, -0.1) is 11.3 Å². The maximum Gasteiger partial charge on any atom is 0.314 e. The average Bonchev–Trinajstić information content (AvgIpc) is 3.40. The van der Waals surface area contributed by atoms with Gasteiger partial charge < -0.3 is 10.6 Å². The quantitative estimate of drug-likeness (QED) is 0.241. The number of thiophene rings is 1. The average molecular weight is 551 g/mol. The van der Waals surface area contributed by atoms with Crippen LogP contribution in [0.2, 0.25) is 10.0 Å². The molecule has 1 unspecified atom stereocenters. The summed E-state index contributed by atoms with van der Waals surface area (Å²) in [7, 11) is 0. The predicted molar refractivity (Wildman–Crippen MR) is 155 cm³/mol. The molecule has 1 atom stereocenters. The van der Waals surface area contributed by atoms with Crippen molar-refractivity contribution in [3.8, 4) is 11.1 Å². The normalized spacial score (nSPS) is 14.1. The van der Waals surface area contributed by atoms with Gasteiger partial charge in [0.05, 0.1) is 16.1 Å². The number of rotatable bonds is 8. The van der Waals surface area contributed by atoms with Gasteiger partial charge in [-0.2, -0.15) is 0 Å². The van der Waals surface area contributed by atoms with E-state index in [0.29, 0.717) is 23.1 Å². The van der Waals surface area contributed by atoms with E-state index in [-0.39, 0.29) is 12.1 Å². The summed E-state index contributed by atoms with van der Waals surface area (Å²) < 4.78 is 0. The molecule has 1 aliphatic rings. The Morgan fingerprint density at radius 1 is 0.919 bits per heavy atom. The molecule has 5 rings (SSSR count). The van der Waals surface area contributed by atoms with Crippen molar-refractivity contribution in [1.82, 2.24) is 15.5 Å². The molecule has 3 aromatic carbocycles. The second-order valence-corrected chi connectivity index (χ2v) is 11.0. The van der Waals surface area contributed by atoms with Crippen LogP contribution in [-0.2, 0) is 19.4 Å². The molecule has 4 nitrogen and oxygen atoms in total. The van der Waals surface area contributed by atoms with E-state index in [1.807, 2.05) is 47.7 Å². The summed E-state index contributed by atoms with van der Waals surface area (Å²) in [5.41, 5.74) is 5.99. The Hall–Kier alpha value is -2.83. The first-order valence-electron chi connectivity index (χ1n) is 12.5. The van der Waals surface area contributed by atoms with E-state index in [1.165, 1.54) is 27.1 Å². The molecular formula is C30H29Cl2N3OS. The third kappa shape index (κ3) is 6.55. The zero-order chi connectivity index (χ0) is 25.6. The van der Waals surface area contributed by atoms with Gasteiger partial charge in [-0.25, -0.2) is 4.79 Å². The van der Waals surface area contributed by atoms with Gasteiger partial charge in [-0.3, -0.25) is 4.90 Å². The van der Waals surface area contributed by atoms with Crippen LogP contribution in [0.25, 0.3) is 11.1 Å². The van der Waals surface area contributed by atoms with E-state index >= 15 is 0 Å². The van der Waals surface area contributed by atoms with Crippen LogP contribution >= 0.6 is 34.5 Å². The second kappa shape index (κ2) is 12.1. The Labute approximate surface area is 232 Å². The number of hydrogen-bond acceptors (Lipinski definition) is 3. The smallest absolute Gasteiger partial charge is 0.314 e. The number of benzene rings is 3. The van der Waals surface area contributed by atoms with Crippen molar-refractivity contribution in [1.29, 1.82) is 0 Å². The van der Waals surface area contributed by atoms with E-state index in [9.17, 15) is 4.79 Å². The Bertz CT molecular complexity index is 1340. The van der Waals surface area contributed by atoms with Crippen LogP contribution in [0, 0.1) is 0 Å². The summed E-state index contributed by atoms with van der Waals surface area (Å²) in [5.74, 6) is 0.